The van der Waals surface area contributed by atoms with Crippen molar-refractivity contribution in [1.29, 1.82) is 0 Å². The summed E-state index contributed by atoms with van der Waals surface area (Å²) in [5, 5.41) is 8.03. The first-order valence-corrected chi connectivity index (χ1v) is 8.09. The van der Waals surface area contributed by atoms with Crippen molar-refractivity contribution in [3.8, 4) is 0 Å². The van der Waals surface area contributed by atoms with Crippen LogP contribution in [0.25, 0.3) is 0 Å². The third-order valence-electron chi connectivity index (χ3n) is 4.04. The highest BCUT2D eigenvalue weighted by Gasteiger charge is 2.31. The van der Waals surface area contributed by atoms with Gasteiger partial charge in [-0.05, 0) is 47.7 Å². The minimum atomic E-state index is 0.319. The minimum absolute atomic E-state index is 0.319. The number of rotatable bonds is 6. The van der Waals surface area contributed by atoms with Gasteiger partial charge >= 0.3 is 0 Å². The zero-order valence-electron chi connectivity index (χ0n) is 11.5. The smallest absolute Gasteiger partial charge is 0.0794 e. The van der Waals surface area contributed by atoms with Crippen molar-refractivity contribution in [2.24, 2.45) is 5.92 Å². The Morgan fingerprint density at radius 3 is 2.72 bits per heavy atom. The van der Waals surface area contributed by atoms with E-state index < -0.39 is 0 Å². The fraction of sp³-hybridized carbons (Fsp3) is 0.733. The van der Waals surface area contributed by atoms with Crippen LogP contribution in [0, 0.1) is 5.92 Å². The van der Waals surface area contributed by atoms with Crippen LogP contribution in [-0.4, -0.2) is 19.8 Å². The molecule has 102 valence electrons. The summed E-state index contributed by atoms with van der Waals surface area (Å²) < 4.78 is 5.87. The molecule has 1 aromatic rings. The summed E-state index contributed by atoms with van der Waals surface area (Å²) in [5.41, 5.74) is 1.39. The molecular weight excluding hydrogens is 242 g/mol. The van der Waals surface area contributed by atoms with Crippen LogP contribution in [0.4, 0.5) is 0 Å². The SMILES string of the molecule is CCNC(c1ccsc1)C(OC)C1CCCCC1. The van der Waals surface area contributed by atoms with E-state index in [4.69, 9.17) is 4.74 Å². The molecule has 0 radical (unpaired) electrons. The molecule has 1 aromatic heterocycles. The largest absolute Gasteiger partial charge is 0.379 e. The zero-order chi connectivity index (χ0) is 12.8. The van der Waals surface area contributed by atoms with E-state index in [1.165, 1.54) is 37.7 Å². The molecule has 1 N–H and O–H groups in total. The minimum Gasteiger partial charge on any atom is -0.379 e. The van der Waals surface area contributed by atoms with Gasteiger partial charge in [-0.2, -0.15) is 11.3 Å². The Balaban J connectivity index is 2.10. The number of hydrogen-bond acceptors (Lipinski definition) is 3. The first-order chi connectivity index (χ1) is 8.86. The van der Waals surface area contributed by atoms with Gasteiger partial charge in [0.15, 0.2) is 0 Å². The van der Waals surface area contributed by atoms with Crippen LogP contribution in [0.5, 0.6) is 0 Å². The quantitative estimate of drug-likeness (QED) is 0.841. The van der Waals surface area contributed by atoms with E-state index in [1.54, 1.807) is 11.3 Å². The molecule has 1 aliphatic carbocycles. The highest BCUT2D eigenvalue weighted by Crippen LogP contribution is 2.34. The van der Waals surface area contributed by atoms with Crippen molar-refractivity contribution >= 4 is 11.3 Å². The van der Waals surface area contributed by atoms with Crippen molar-refractivity contribution < 1.29 is 4.74 Å². The molecule has 0 aliphatic heterocycles. The Hall–Kier alpha value is -0.380. The normalized spacial score (nSPS) is 20.8. The van der Waals surface area contributed by atoms with Crippen LogP contribution in [0.2, 0.25) is 0 Å². The summed E-state index contributed by atoms with van der Waals surface area (Å²) in [7, 11) is 1.87. The molecule has 3 heteroatoms. The highest BCUT2D eigenvalue weighted by molar-refractivity contribution is 7.07. The second-order valence-electron chi connectivity index (χ2n) is 5.19. The summed E-state index contributed by atoms with van der Waals surface area (Å²) >= 11 is 1.77. The van der Waals surface area contributed by atoms with Gasteiger partial charge in [-0.1, -0.05) is 26.2 Å². The average Bonchev–Trinajstić information content (AvgIpc) is 2.93. The van der Waals surface area contributed by atoms with Crippen LogP contribution >= 0.6 is 11.3 Å². The van der Waals surface area contributed by atoms with Gasteiger partial charge in [-0.15, -0.1) is 0 Å². The second kappa shape index (κ2) is 7.27. The Morgan fingerprint density at radius 1 is 1.39 bits per heavy atom. The molecule has 0 aromatic carbocycles. The van der Waals surface area contributed by atoms with Gasteiger partial charge in [0.05, 0.1) is 12.1 Å². The molecule has 2 rings (SSSR count). The Morgan fingerprint density at radius 2 is 2.17 bits per heavy atom. The van der Waals surface area contributed by atoms with Crippen molar-refractivity contribution in [3.05, 3.63) is 22.4 Å². The van der Waals surface area contributed by atoms with Crippen molar-refractivity contribution in [2.45, 2.75) is 51.2 Å². The molecule has 18 heavy (non-hydrogen) atoms. The standard InChI is InChI=1S/C15H25NOS/c1-3-16-14(13-9-10-18-11-13)15(17-2)12-7-5-4-6-8-12/h9-12,14-16H,3-8H2,1-2H3. The average molecular weight is 267 g/mol. The molecule has 1 aliphatic rings. The van der Waals surface area contributed by atoms with Crippen molar-refractivity contribution in [3.63, 3.8) is 0 Å². The predicted molar refractivity (Wildman–Crippen MR) is 78.1 cm³/mol. The Bertz CT molecular complexity index is 319. The van der Waals surface area contributed by atoms with Crippen molar-refractivity contribution in [2.75, 3.05) is 13.7 Å². The van der Waals surface area contributed by atoms with E-state index in [-0.39, 0.29) is 0 Å². The summed E-state index contributed by atoms with van der Waals surface area (Å²) in [5.74, 6) is 0.715. The van der Waals surface area contributed by atoms with E-state index in [2.05, 4.69) is 29.1 Å². The highest BCUT2D eigenvalue weighted by atomic mass is 32.1. The molecule has 0 bridgehead atoms. The first-order valence-electron chi connectivity index (χ1n) is 7.15. The molecule has 2 unspecified atom stereocenters. The van der Waals surface area contributed by atoms with E-state index in [1.807, 2.05) is 7.11 Å². The number of methoxy groups -OCH3 is 1. The number of hydrogen-bond donors (Lipinski definition) is 1. The number of ether oxygens (including phenoxy) is 1. The predicted octanol–water partition coefficient (Wildman–Crippen LogP) is 3.99. The third kappa shape index (κ3) is 3.34. The maximum atomic E-state index is 5.87. The summed E-state index contributed by atoms with van der Waals surface area (Å²) in [6, 6.07) is 2.58. The molecule has 0 saturated heterocycles. The molecule has 0 spiro atoms. The molecule has 1 saturated carbocycles. The van der Waals surface area contributed by atoms with Gasteiger partial charge in [0.1, 0.15) is 0 Å². The maximum Gasteiger partial charge on any atom is 0.0794 e. The maximum absolute atomic E-state index is 5.87. The van der Waals surface area contributed by atoms with E-state index >= 15 is 0 Å². The van der Waals surface area contributed by atoms with Crippen LogP contribution in [0.3, 0.4) is 0 Å². The molecular formula is C15H25NOS. The summed E-state index contributed by atoms with van der Waals surface area (Å²) in [6.45, 7) is 3.17. The monoisotopic (exact) mass is 267 g/mol. The molecule has 1 heterocycles. The van der Waals surface area contributed by atoms with Gasteiger partial charge in [0, 0.05) is 7.11 Å². The van der Waals surface area contributed by atoms with Gasteiger partial charge in [0.2, 0.25) is 0 Å². The van der Waals surface area contributed by atoms with E-state index in [0.717, 1.165) is 6.54 Å². The third-order valence-corrected chi connectivity index (χ3v) is 4.74. The lowest BCUT2D eigenvalue weighted by atomic mass is 9.81. The van der Waals surface area contributed by atoms with Gasteiger partial charge in [-0.3, -0.25) is 0 Å². The lowest BCUT2D eigenvalue weighted by molar-refractivity contribution is 0.00802. The molecule has 2 atom stereocenters. The van der Waals surface area contributed by atoms with Crippen LogP contribution in [-0.2, 0) is 4.74 Å². The van der Waals surface area contributed by atoms with Crippen LogP contribution in [0.1, 0.15) is 50.6 Å². The Kier molecular flexibility index (Phi) is 5.67. The number of likely N-dealkylation sites (N-methyl/N-ethyl adjacent to an activating group) is 1. The number of thiophene rings is 1. The zero-order valence-corrected chi connectivity index (χ0v) is 12.3. The van der Waals surface area contributed by atoms with E-state index in [0.29, 0.717) is 18.1 Å². The summed E-state index contributed by atoms with van der Waals surface area (Å²) in [4.78, 5) is 0. The Labute approximate surface area is 115 Å². The van der Waals surface area contributed by atoms with Crippen LogP contribution in [0.15, 0.2) is 16.8 Å². The van der Waals surface area contributed by atoms with Crippen LogP contribution < -0.4 is 5.32 Å². The molecule has 2 nitrogen and oxygen atoms in total. The first kappa shape index (κ1) is 14.0. The molecule has 0 amide bonds. The fourth-order valence-corrected chi connectivity index (χ4v) is 3.86. The fourth-order valence-electron chi connectivity index (χ4n) is 3.16. The lowest BCUT2D eigenvalue weighted by Crippen LogP contribution is -2.38. The second-order valence-corrected chi connectivity index (χ2v) is 5.97. The van der Waals surface area contributed by atoms with Gasteiger partial charge in [0.25, 0.3) is 0 Å². The lowest BCUT2D eigenvalue weighted by Gasteiger charge is -2.35. The summed E-state index contributed by atoms with van der Waals surface area (Å²) in [6.07, 6.45) is 7.10. The topological polar surface area (TPSA) is 21.3 Å². The number of nitrogens with one attached hydrogen (secondary N) is 1. The van der Waals surface area contributed by atoms with Gasteiger partial charge < -0.3 is 10.1 Å². The van der Waals surface area contributed by atoms with Crippen molar-refractivity contribution in [1.82, 2.24) is 5.32 Å². The van der Waals surface area contributed by atoms with E-state index in [9.17, 15) is 0 Å². The molecule has 1 fully saturated rings. The van der Waals surface area contributed by atoms with Gasteiger partial charge in [-0.25, -0.2) is 0 Å².